The molecule has 0 aliphatic rings. The van der Waals surface area contributed by atoms with Crippen molar-refractivity contribution in [1.29, 1.82) is 5.26 Å². The minimum atomic E-state index is -0.417. The molecule has 0 unspecified atom stereocenters. The van der Waals surface area contributed by atoms with Gasteiger partial charge in [-0.1, -0.05) is 0 Å². The van der Waals surface area contributed by atoms with Gasteiger partial charge in [0.1, 0.15) is 11.9 Å². The van der Waals surface area contributed by atoms with Crippen molar-refractivity contribution in [2.45, 2.75) is 0 Å². The van der Waals surface area contributed by atoms with Crippen LogP contribution < -0.4 is 5.56 Å². The summed E-state index contributed by atoms with van der Waals surface area (Å²) in [5.74, 6) is -0.417. The average Bonchev–Trinajstić information content (AvgIpc) is 2.69. The fourth-order valence-corrected chi connectivity index (χ4v) is 1.97. The van der Waals surface area contributed by atoms with Crippen molar-refractivity contribution in [3.63, 3.8) is 0 Å². The lowest BCUT2D eigenvalue weighted by Crippen LogP contribution is -2.05. The van der Waals surface area contributed by atoms with Crippen LogP contribution in [0.15, 0.2) is 29.2 Å². The topological polar surface area (TPSA) is 72.4 Å². The first-order valence-electron chi connectivity index (χ1n) is 4.93. The van der Waals surface area contributed by atoms with E-state index in [1.165, 1.54) is 18.3 Å². The van der Waals surface area contributed by atoms with Crippen LogP contribution in [0.2, 0.25) is 0 Å². The lowest BCUT2D eigenvalue weighted by Gasteiger charge is -1.92. The van der Waals surface area contributed by atoms with Crippen LogP contribution in [0, 0.1) is 17.1 Å². The van der Waals surface area contributed by atoms with Gasteiger partial charge in [-0.2, -0.15) is 5.26 Å². The predicted molar refractivity (Wildman–Crippen MR) is 61.1 cm³/mol. The van der Waals surface area contributed by atoms with Crippen LogP contribution in [-0.2, 0) is 0 Å². The maximum atomic E-state index is 13.2. The van der Waals surface area contributed by atoms with E-state index in [0.717, 1.165) is 0 Å². The largest absolute Gasteiger partial charge is 0.353 e. The maximum absolute atomic E-state index is 13.2. The number of H-pyrrole nitrogens is 2. The molecule has 0 radical (unpaired) electrons. The van der Waals surface area contributed by atoms with Gasteiger partial charge in [0, 0.05) is 17.1 Å². The molecule has 4 nitrogen and oxygen atoms in total. The Morgan fingerprint density at radius 3 is 2.94 bits per heavy atom. The number of hydrogen-bond acceptors (Lipinski definition) is 2. The van der Waals surface area contributed by atoms with Crippen molar-refractivity contribution in [1.82, 2.24) is 9.97 Å². The van der Waals surface area contributed by atoms with Gasteiger partial charge in [-0.25, -0.2) is 4.39 Å². The van der Waals surface area contributed by atoms with Gasteiger partial charge in [0.2, 0.25) is 0 Å². The van der Waals surface area contributed by atoms with E-state index >= 15 is 0 Å². The molecule has 0 saturated heterocycles. The summed E-state index contributed by atoms with van der Waals surface area (Å²) < 4.78 is 13.2. The molecule has 0 spiro atoms. The zero-order valence-corrected chi connectivity index (χ0v) is 8.54. The summed E-state index contributed by atoms with van der Waals surface area (Å²) in [5.41, 5.74) is 1.07. The minimum absolute atomic E-state index is 0.318. The minimum Gasteiger partial charge on any atom is -0.353 e. The molecular weight excluding hydrogens is 221 g/mol. The molecule has 5 heteroatoms. The number of pyridine rings is 1. The molecule has 0 amide bonds. The lowest BCUT2D eigenvalue weighted by atomic mass is 10.1. The van der Waals surface area contributed by atoms with Crippen molar-refractivity contribution in [2.75, 3.05) is 0 Å². The normalized spacial score (nSPS) is 10.8. The van der Waals surface area contributed by atoms with Crippen LogP contribution in [0.1, 0.15) is 5.56 Å². The van der Waals surface area contributed by atoms with Gasteiger partial charge >= 0.3 is 0 Å². The zero-order valence-electron chi connectivity index (χ0n) is 8.54. The summed E-state index contributed by atoms with van der Waals surface area (Å²) in [6.45, 7) is 0. The first-order valence-corrected chi connectivity index (χ1v) is 4.93. The molecular formula is C12H6FN3O. The van der Waals surface area contributed by atoms with E-state index in [-0.39, 0.29) is 5.56 Å². The zero-order chi connectivity index (χ0) is 12.0. The number of hydrogen-bond donors (Lipinski definition) is 2. The number of nitriles is 1. The quantitative estimate of drug-likeness (QED) is 0.616. The van der Waals surface area contributed by atoms with Crippen molar-refractivity contribution in [2.24, 2.45) is 0 Å². The number of aromatic amines is 2. The van der Waals surface area contributed by atoms with E-state index < -0.39 is 5.82 Å². The Kier molecular flexibility index (Phi) is 1.80. The number of rotatable bonds is 0. The van der Waals surface area contributed by atoms with Gasteiger partial charge < -0.3 is 9.97 Å². The second-order valence-electron chi connectivity index (χ2n) is 3.71. The summed E-state index contributed by atoms with van der Waals surface area (Å²) in [6.07, 6.45) is 1.34. The third kappa shape index (κ3) is 1.24. The number of halogens is 1. The second kappa shape index (κ2) is 3.19. The first kappa shape index (κ1) is 9.60. The summed E-state index contributed by atoms with van der Waals surface area (Å²) in [5, 5.41) is 9.74. The van der Waals surface area contributed by atoms with Gasteiger partial charge in [0.15, 0.2) is 0 Å². The SMILES string of the molecule is N#Cc1c[nH]c(=O)c2c1[nH]c1ccc(F)cc12. The van der Waals surface area contributed by atoms with E-state index in [0.29, 0.717) is 27.4 Å². The van der Waals surface area contributed by atoms with E-state index in [4.69, 9.17) is 5.26 Å². The summed E-state index contributed by atoms with van der Waals surface area (Å²) in [7, 11) is 0. The van der Waals surface area contributed by atoms with E-state index in [2.05, 4.69) is 9.97 Å². The number of nitrogens with one attached hydrogen (secondary N) is 2. The first-order chi connectivity index (χ1) is 8.20. The molecule has 82 valence electrons. The molecule has 2 N–H and O–H groups in total. The maximum Gasteiger partial charge on any atom is 0.258 e. The van der Waals surface area contributed by atoms with Crippen molar-refractivity contribution >= 4 is 21.8 Å². The Morgan fingerprint density at radius 1 is 1.35 bits per heavy atom. The van der Waals surface area contributed by atoms with Gasteiger partial charge in [-0.15, -0.1) is 0 Å². The summed E-state index contributed by atoms with van der Waals surface area (Å²) >= 11 is 0. The highest BCUT2D eigenvalue weighted by Crippen LogP contribution is 2.24. The molecule has 1 aromatic carbocycles. The standard InChI is InChI=1S/C12H6FN3O/c13-7-1-2-9-8(3-7)10-11(16-9)6(4-14)5-15-12(10)17/h1-3,5,16H,(H,15,17). The van der Waals surface area contributed by atoms with Crippen molar-refractivity contribution in [3.8, 4) is 6.07 Å². The Hall–Kier alpha value is -2.61. The highest BCUT2D eigenvalue weighted by molar-refractivity contribution is 6.08. The van der Waals surface area contributed by atoms with E-state index in [1.54, 1.807) is 6.07 Å². The predicted octanol–water partition coefficient (Wildman–Crippen LogP) is 2.02. The molecule has 2 heterocycles. The van der Waals surface area contributed by atoms with Gasteiger partial charge in [0.25, 0.3) is 5.56 Å². The fraction of sp³-hybridized carbons (Fsp3) is 0. The summed E-state index contributed by atoms with van der Waals surface area (Å²) in [6, 6.07) is 6.11. The van der Waals surface area contributed by atoms with E-state index in [9.17, 15) is 9.18 Å². The molecule has 3 aromatic rings. The van der Waals surface area contributed by atoms with Crippen molar-refractivity contribution < 1.29 is 4.39 Å². The third-order valence-electron chi connectivity index (χ3n) is 2.73. The van der Waals surface area contributed by atoms with Crippen LogP contribution in [-0.4, -0.2) is 9.97 Å². The van der Waals surface area contributed by atoms with E-state index in [1.807, 2.05) is 6.07 Å². The third-order valence-corrected chi connectivity index (χ3v) is 2.73. The van der Waals surface area contributed by atoms with Gasteiger partial charge in [-0.3, -0.25) is 4.79 Å². The highest BCUT2D eigenvalue weighted by atomic mass is 19.1. The smallest absolute Gasteiger partial charge is 0.258 e. The fourth-order valence-electron chi connectivity index (χ4n) is 1.97. The van der Waals surface area contributed by atoms with Crippen molar-refractivity contribution in [3.05, 3.63) is 46.1 Å². The Morgan fingerprint density at radius 2 is 2.18 bits per heavy atom. The molecule has 0 atom stereocenters. The molecule has 0 saturated carbocycles. The van der Waals surface area contributed by atoms with Crippen LogP contribution >= 0.6 is 0 Å². The number of benzene rings is 1. The molecule has 3 rings (SSSR count). The van der Waals surface area contributed by atoms with Gasteiger partial charge in [0.05, 0.1) is 16.5 Å². The van der Waals surface area contributed by atoms with Crippen LogP contribution in [0.3, 0.4) is 0 Å². The molecule has 0 fully saturated rings. The highest BCUT2D eigenvalue weighted by Gasteiger charge is 2.11. The monoisotopic (exact) mass is 227 g/mol. The Balaban J connectivity index is 2.66. The number of aromatic nitrogens is 2. The Labute approximate surface area is 94.3 Å². The van der Waals surface area contributed by atoms with Crippen LogP contribution in [0.5, 0.6) is 0 Å². The van der Waals surface area contributed by atoms with Gasteiger partial charge in [-0.05, 0) is 18.2 Å². The molecule has 0 bridgehead atoms. The second-order valence-corrected chi connectivity index (χ2v) is 3.71. The number of fused-ring (bicyclic) bond motifs is 3. The molecule has 17 heavy (non-hydrogen) atoms. The molecule has 0 aliphatic heterocycles. The van der Waals surface area contributed by atoms with Crippen LogP contribution in [0.4, 0.5) is 4.39 Å². The average molecular weight is 227 g/mol. The number of nitrogens with zero attached hydrogens (tertiary/aromatic N) is 1. The molecule has 0 aliphatic carbocycles. The van der Waals surface area contributed by atoms with Crippen LogP contribution in [0.25, 0.3) is 21.8 Å². The Bertz CT molecular complexity index is 838. The molecule has 2 aromatic heterocycles. The lowest BCUT2D eigenvalue weighted by molar-refractivity contribution is 0.630. The summed E-state index contributed by atoms with van der Waals surface area (Å²) in [4.78, 5) is 17.2.